The summed E-state index contributed by atoms with van der Waals surface area (Å²) in [6.07, 6.45) is 10.6. The first kappa shape index (κ1) is 13.4. The molecular formula is C17H14N6. The summed E-state index contributed by atoms with van der Waals surface area (Å²) in [7, 11) is 0. The largest absolute Gasteiger partial charge is 0.366 e. The van der Waals surface area contributed by atoms with Gasteiger partial charge in [0.2, 0.25) is 0 Å². The van der Waals surface area contributed by atoms with Crippen LogP contribution in [-0.4, -0.2) is 24.9 Å². The molecule has 0 saturated heterocycles. The third kappa shape index (κ3) is 2.74. The van der Waals surface area contributed by atoms with Crippen molar-refractivity contribution in [1.82, 2.24) is 24.9 Å². The van der Waals surface area contributed by atoms with E-state index >= 15 is 0 Å². The van der Waals surface area contributed by atoms with Crippen LogP contribution in [0.4, 0.5) is 5.82 Å². The summed E-state index contributed by atoms with van der Waals surface area (Å²) in [5.41, 5.74) is 3.74. The first-order chi connectivity index (χ1) is 11.4. The van der Waals surface area contributed by atoms with E-state index in [1.54, 1.807) is 24.8 Å². The first-order valence-corrected chi connectivity index (χ1v) is 7.27. The zero-order valence-corrected chi connectivity index (χ0v) is 12.3. The minimum atomic E-state index is 0.660. The molecule has 112 valence electrons. The molecule has 2 N–H and O–H groups in total. The van der Waals surface area contributed by atoms with E-state index in [1.165, 1.54) is 0 Å². The van der Waals surface area contributed by atoms with Gasteiger partial charge in [0, 0.05) is 48.5 Å². The van der Waals surface area contributed by atoms with Crippen LogP contribution in [0.25, 0.3) is 22.3 Å². The van der Waals surface area contributed by atoms with Gasteiger partial charge < -0.3 is 10.3 Å². The van der Waals surface area contributed by atoms with Crippen LogP contribution < -0.4 is 5.32 Å². The topological polar surface area (TPSA) is 79.4 Å². The van der Waals surface area contributed by atoms with Gasteiger partial charge in [-0.3, -0.25) is 15.0 Å². The number of hydrogen-bond donors (Lipinski definition) is 2. The SMILES string of the molecule is c1cncc(CNc2cc(-c3cnccn3)c3cc[nH]c3n2)c1. The second kappa shape index (κ2) is 5.84. The van der Waals surface area contributed by atoms with E-state index in [9.17, 15) is 0 Å². The second-order valence-corrected chi connectivity index (χ2v) is 5.10. The Bertz CT molecular complexity index is 918. The standard InChI is InChI=1S/C17H14N6/c1-2-12(9-18-4-1)10-22-16-8-14(15-11-19-6-7-20-15)13-3-5-21-17(13)23-16/h1-9,11H,10H2,(H2,21,22,23). The highest BCUT2D eigenvalue weighted by Gasteiger charge is 2.10. The van der Waals surface area contributed by atoms with Gasteiger partial charge in [0.25, 0.3) is 0 Å². The number of nitrogens with zero attached hydrogens (tertiary/aromatic N) is 4. The number of aromatic amines is 1. The molecule has 4 aromatic heterocycles. The minimum Gasteiger partial charge on any atom is -0.366 e. The molecule has 0 saturated carbocycles. The van der Waals surface area contributed by atoms with E-state index in [0.29, 0.717) is 6.54 Å². The molecule has 0 aromatic carbocycles. The van der Waals surface area contributed by atoms with Gasteiger partial charge in [-0.2, -0.15) is 0 Å². The van der Waals surface area contributed by atoms with Crippen molar-refractivity contribution >= 4 is 16.9 Å². The number of fused-ring (bicyclic) bond motifs is 1. The zero-order chi connectivity index (χ0) is 15.5. The summed E-state index contributed by atoms with van der Waals surface area (Å²) in [4.78, 5) is 20.4. The molecule has 4 rings (SSSR count). The maximum absolute atomic E-state index is 4.60. The Balaban J connectivity index is 1.71. The molecule has 0 spiro atoms. The minimum absolute atomic E-state index is 0.660. The van der Waals surface area contributed by atoms with Gasteiger partial charge >= 0.3 is 0 Å². The molecule has 0 aliphatic heterocycles. The number of anilines is 1. The lowest BCUT2D eigenvalue weighted by atomic mass is 10.1. The van der Waals surface area contributed by atoms with Gasteiger partial charge in [-0.25, -0.2) is 4.98 Å². The summed E-state index contributed by atoms with van der Waals surface area (Å²) >= 11 is 0. The van der Waals surface area contributed by atoms with Crippen LogP contribution in [-0.2, 0) is 6.54 Å². The molecule has 4 heterocycles. The Morgan fingerprint density at radius 1 is 1.04 bits per heavy atom. The van der Waals surface area contributed by atoms with Crippen molar-refractivity contribution in [2.24, 2.45) is 0 Å². The Morgan fingerprint density at radius 3 is 2.83 bits per heavy atom. The Kier molecular flexibility index (Phi) is 3.40. The lowest BCUT2D eigenvalue weighted by Crippen LogP contribution is -2.02. The molecule has 0 unspecified atom stereocenters. The van der Waals surface area contributed by atoms with Crippen LogP contribution in [0.2, 0.25) is 0 Å². The second-order valence-electron chi connectivity index (χ2n) is 5.10. The summed E-state index contributed by atoms with van der Waals surface area (Å²) in [5, 5.41) is 4.36. The summed E-state index contributed by atoms with van der Waals surface area (Å²) < 4.78 is 0. The van der Waals surface area contributed by atoms with E-state index in [2.05, 4.69) is 30.2 Å². The smallest absolute Gasteiger partial charge is 0.140 e. The van der Waals surface area contributed by atoms with Gasteiger partial charge in [-0.15, -0.1) is 0 Å². The highest BCUT2D eigenvalue weighted by atomic mass is 15.0. The number of H-pyrrole nitrogens is 1. The average Bonchev–Trinajstić information content (AvgIpc) is 3.09. The predicted octanol–water partition coefficient (Wildman–Crippen LogP) is 3.03. The summed E-state index contributed by atoms with van der Waals surface area (Å²) in [6, 6.07) is 7.94. The lowest BCUT2D eigenvalue weighted by Gasteiger charge is -2.09. The maximum Gasteiger partial charge on any atom is 0.140 e. The van der Waals surface area contributed by atoms with Crippen LogP contribution in [0.15, 0.2) is 61.4 Å². The Morgan fingerprint density at radius 2 is 2.00 bits per heavy atom. The van der Waals surface area contributed by atoms with Gasteiger partial charge in [0.1, 0.15) is 11.5 Å². The van der Waals surface area contributed by atoms with Gasteiger partial charge in [0.05, 0.1) is 11.9 Å². The third-order valence-corrected chi connectivity index (χ3v) is 3.56. The fourth-order valence-corrected chi connectivity index (χ4v) is 2.47. The molecule has 4 aromatic rings. The first-order valence-electron chi connectivity index (χ1n) is 7.27. The number of rotatable bonds is 4. The van der Waals surface area contributed by atoms with E-state index in [0.717, 1.165) is 33.7 Å². The maximum atomic E-state index is 4.60. The molecule has 0 radical (unpaired) electrons. The fourth-order valence-electron chi connectivity index (χ4n) is 2.47. The Hall–Kier alpha value is -3.28. The Labute approximate surface area is 132 Å². The lowest BCUT2D eigenvalue weighted by molar-refractivity contribution is 1.09. The molecule has 0 aliphatic rings. The molecule has 6 nitrogen and oxygen atoms in total. The molecule has 0 bridgehead atoms. The van der Waals surface area contributed by atoms with Crippen LogP contribution >= 0.6 is 0 Å². The zero-order valence-electron chi connectivity index (χ0n) is 12.3. The van der Waals surface area contributed by atoms with Crippen LogP contribution in [0.1, 0.15) is 5.56 Å². The van der Waals surface area contributed by atoms with Crippen molar-refractivity contribution in [2.75, 3.05) is 5.32 Å². The highest BCUT2D eigenvalue weighted by Crippen LogP contribution is 2.28. The summed E-state index contributed by atoms with van der Waals surface area (Å²) in [5.74, 6) is 0.782. The molecule has 23 heavy (non-hydrogen) atoms. The number of hydrogen-bond acceptors (Lipinski definition) is 5. The highest BCUT2D eigenvalue weighted by molar-refractivity contribution is 5.93. The van der Waals surface area contributed by atoms with E-state index in [4.69, 9.17) is 0 Å². The van der Waals surface area contributed by atoms with Crippen molar-refractivity contribution in [2.45, 2.75) is 6.54 Å². The van der Waals surface area contributed by atoms with Gasteiger partial charge in [-0.05, 0) is 23.8 Å². The van der Waals surface area contributed by atoms with Crippen molar-refractivity contribution < 1.29 is 0 Å². The molecular weight excluding hydrogens is 288 g/mol. The average molecular weight is 302 g/mol. The predicted molar refractivity (Wildman–Crippen MR) is 88.7 cm³/mol. The van der Waals surface area contributed by atoms with E-state index in [-0.39, 0.29) is 0 Å². The van der Waals surface area contributed by atoms with Gasteiger partial charge in [0.15, 0.2) is 0 Å². The van der Waals surface area contributed by atoms with Crippen molar-refractivity contribution in [3.05, 3.63) is 67.0 Å². The molecule has 6 heteroatoms. The van der Waals surface area contributed by atoms with Crippen LogP contribution in [0.5, 0.6) is 0 Å². The quantitative estimate of drug-likeness (QED) is 0.606. The molecule has 0 aliphatic carbocycles. The summed E-state index contributed by atoms with van der Waals surface area (Å²) in [6.45, 7) is 0.660. The van der Waals surface area contributed by atoms with Crippen molar-refractivity contribution in [1.29, 1.82) is 0 Å². The van der Waals surface area contributed by atoms with E-state index < -0.39 is 0 Å². The third-order valence-electron chi connectivity index (χ3n) is 3.56. The number of nitrogens with one attached hydrogen (secondary N) is 2. The van der Waals surface area contributed by atoms with E-state index in [1.807, 2.05) is 36.7 Å². The molecule has 0 amide bonds. The number of pyridine rings is 2. The molecule has 0 atom stereocenters. The normalized spacial score (nSPS) is 10.8. The fraction of sp³-hybridized carbons (Fsp3) is 0.0588. The molecule has 0 fully saturated rings. The van der Waals surface area contributed by atoms with Gasteiger partial charge in [-0.1, -0.05) is 6.07 Å². The number of aromatic nitrogens is 5. The van der Waals surface area contributed by atoms with Crippen LogP contribution in [0, 0.1) is 0 Å². The monoisotopic (exact) mass is 302 g/mol. The van der Waals surface area contributed by atoms with Crippen molar-refractivity contribution in [3.63, 3.8) is 0 Å². The van der Waals surface area contributed by atoms with Crippen molar-refractivity contribution in [3.8, 4) is 11.3 Å². The van der Waals surface area contributed by atoms with Crippen LogP contribution in [0.3, 0.4) is 0 Å².